The van der Waals surface area contributed by atoms with Crippen LogP contribution >= 0.6 is 123 Å². The highest BCUT2D eigenvalue weighted by atomic mass is 79.9. The Kier molecular flexibility index (Phi) is 45.0. The van der Waals surface area contributed by atoms with E-state index < -0.39 is 0 Å². The molecular formula is C117H140Br7N9O3S. The van der Waals surface area contributed by atoms with Crippen LogP contribution in [-0.2, 0) is 0 Å². The van der Waals surface area contributed by atoms with E-state index >= 15 is 0 Å². The summed E-state index contributed by atoms with van der Waals surface area (Å²) < 4.78 is 14.7. The number of hydrogen-bond donors (Lipinski definition) is 1. The zero-order chi connectivity index (χ0) is 102. The maximum atomic E-state index is 12.5. The molecule has 2 aliphatic carbocycles. The maximum Gasteiger partial charge on any atom is 0.194 e. The number of nitrogens with zero attached hydrogens (tertiary/aromatic N) is 8. The number of aryl methyl sites for hydroxylation is 12. The van der Waals surface area contributed by atoms with Gasteiger partial charge >= 0.3 is 0 Å². The van der Waals surface area contributed by atoms with Crippen molar-refractivity contribution >= 4 is 244 Å². The van der Waals surface area contributed by atoms with Gasteiger partial charge in [-0.15, -0.1) is 11.3 Å². The van der Waals surface area contributed by atoms with Gasteiger partial charge in [-0.05, 0) is 354 Å². The Morgan fingerprint density at radius 2 is 0.708 bits per heavy atom. The summed E-state index contributed by atoms with van der Waals surface area (Å²) in [6, 6.07) is 85.2. The predicted octanol–water partition coefficient (Wildman–Crippen LogP) is 34.9. The van der Waals surface area contributed by atoms with Gasteiger partial charge in [-0.25, -0.2) is 0 Å². The number of hydrogen-bond acceptors (Lipinski definition) is 13. The predicted molar refractivity (Wildman–Crippen MR) is 637 cm³/mol. The summed E-state index contributed by atoms with van der Waals surface area (Å²) in [5, 5.41) is 11.3. The highest BCUT2D eigenvalue weighted by molar-refractivity contribution is 9.09. The fourth-order valence-corrected chi connectivity index (χ4v) is 18.8. The molecule has 3 aliphatic rings. The Morgan fingerprint density at radius 3 is 1.29 bits per heavy atom. The molecule has 1 atom stereocenters. The van der Waals surface area contributed by atoms with E-state index in [-0.39, 0.29) is 5.78 Å². The number of ether oxygens (including phenoxy) is 1. The van der Waals surface area contributed by atoms with Crippen molar-refractivity contribution in [2.45, 2.75) is 89.1 Å². The van der Waals surface area contributed by atoms with E-state index in [1.165, 1.54) is 154 Å². The molecule has 0 saturated carbocycles. The molecule has 1 unspecified atom stereocenters. The van der Waals surface area contributed by atoms with Crippen LogP contribution in [0.15, 0.2) is 241 Å². The number of halogens is 7. The van der Waals surface area contributed by atoms with Gasteiger partial charge in [0.2, 0.25) is 0 Å². The number of anilines is 11. The number of ketones is 1. The largest absolute Gasteiger partial charge is 0.456 e. The fourth-order valence-electron chi connectivity index (χ4n) is 17.5. The lowest BCUT2D eigenvalue weighted by atomic mass is 9.94. The summed E-state index contributed by atoms with van der Waals surface area (Å²) in [6.07, 6.45) is 0. The van der Waals surface area contributed by atoms with Gasteiger partial charge in [-0.2, -0.15) is 0 Å². The van der Waals surface area contributed by atoms with E-state index in [2.05, 4.69) is 521 Å². The van der Waals surface area contributed by atoms with E-state index in [1.54, 1.807) is 0 Å². The Labute approximate surface area is 882 Å². The quantitative estimate of drug-likeness (QED) is 0.133. The molecule has 3 heterocycles. The highest BCUT2D eigenvalue weighted by Gasteiger charge is 2.33. The average Bonchev–Trinajstić information content (AvgIpc) is 1.57. The molecule has 20 heteroatoms. The third kappa shape index (κ3) is 27.4. The number of carbonyl (C=O) groups excluding carboxylic acids is 1. The monoisotopic (exact) mass is 2300 g/mol. The summed E-state index contributed by atoms with van der Waals surface area (Å²) in [6.45, 7) is 25.5. The summed E-state index contributed by atoms with van der Waals surface area (Å²) in [5.41, 5.74) is 39.4. The number of benzene rings is 14. The molecule has 1 N–H and O–H groups in total. The van der Waals surface area contributed by atoms with Crippen molar-refractivity contribution in [2.75, 3.05) is 179 Å². The normalized spacial score (nSPS) is 11.3. The third-order valence-corrected chi connectivity index (χ3v) is 24.9. The molecule has 19 rings (SSSR count). The Balaban J connectivity index is 0.000000219. The minimum Gasteiger partial charge on any atom is -0.456 e. The number of fused-ring (bicyclic) bond motifs is 16. The van der Waals surface area contributed by atoms with E-state index in [9.17, 15) is 4.79 Å². The van der Waals surface area contributed by atoms with Crippen LogP contribution in [0.5, 0.6) is 11.5 Å². The van der Waals surface area contributed by atoms with E-state index in [4.69, 9.17) is 9.15 Å². The van der Waals surface area contributed by atoms with Gasteiger partial charge in [0.1, 0.15) is 11.2 Å². The molecule has 0 spiro atoms. The van der Waals surface area contributed by atoms with Crippen LogP contribution in [-0.4, -0.2) is 150 Å². The first kappa shape index (κ1) is 115. The Hall–Kier alpha value is -9.45. The zero-order valence-electron chi connectivity index (χ0n) is 86.5. The van der Waals surface area contributed by atoms with Gasteiger partial charge in [0.05, 0.1) is 17.4 Å². The molecule has 14 aromatic carbocycles. The highest BCUT2D eigenvalue weighted by Crippen LogP contribution is 2.51. The van der Waals surface area contributed by atoms with Crippen molar-refractivity contribution in [2.24, 2.45) is 0 Å². The van der Waals surface area contributed by atoms with Crippen LogP contribution in [0.3, 0.4) is 0 Å². The molecule has 0 bridgehead atoms. The number of nitrogens with one attached hydrogen (secondary N) is 1. The second-order valence-electron chi connectivity index (χ2n) is 35.1. The van der Waals surface area contributed by atoms with Crippen molar-refractivity contribution < 1.29 is 13.9 Å². The summed E-state index contributed by atoms with van der Waals surface area (Å²) >= 11 is 22.5. The lowest BCUT2D eigenvalue weighted by Crippen LogP contribution is -2.19. The molecule has 0 amide bonds. The van der Waals surface area contributed by atoms with Gasteiger partial charge in [0.25, 0.3) is 0 Å². The molecule has 0 saturated heterocycles. The van der Waals surface area contributed by atoms with Crippen molar-refractivity contribution in [3.8, 4) is 33.8 Å². The van der Waals surface area contributed by atoms with Gasteiger partial charge in [-0.1, -0.05) is 237 Å². The van der Waals surface area contributed by atoms with Crippen LogP contribution in [0.2, 0.25) is 0 Å². The standard InChI is InChI=1S/C24H29N3.C21H21N.C17H17NO.C16H18N2O.C16H17NO.C16H17NS.7CH3Br/c1-18-7-10-21(11-8-18)27(22-15-13-20(14-16-22)25(3)4)23-12-9-19(2)24(17-23)26(5)6;1-13-9-10-17-18(11-13)21(22(3)4)19-12-14(2)15-7-5-6-8-16(15)20(17)19;1-10-5-6-12-13-9-16(18(3)4)11(2)8-15(13)17(19)14(12)7-10;1-10-5-6-15-12(7-10)17-13-8-11(2)14(18(3)4)9-16(13)19-15;2*1-10-5-6-12-13-9-14(17(3)4)11(2)8-16(13)18-15(12)7-10;7*1-2/h7-17H,1-6H3;5-12,21H,1-4H3;5-9H,1-4H3;5-9,17H,1-4H3;2*5-9H,1-4H3;7*1H3. The van der Waals surface area contributed by atoms with Gasteiger partial charge in [0.15, 0.2) is 17.3 Å². The van der Waals surface area contributed by atoms with Crippen LogP contribution in [0, 0.1) is 83.1 Å². The van der Waals surface area contributed by atoms with Gasteiger partial charge in [0, 0.05) is 184 Å². The lowest BCUT2D eigenvalue weighted by Gasteiger charge is -2.28. The van der Waals surface area contributed by atoms with Crippen LogP contribution in [0.4, 0.5) is 62.6 Å². The minimum atomic E-state index is 0.155. The minimum absolute atomic E-state index is 0.155. The van der Waals surface area contributed by atoms with Crippen molar-refractivity contribution in [3.05, 3.63) is 326 Å². The number of rotatable bonds is 10. The molecule has 137 heavy (non-hydrogen) atoms. The molecule has 16 aromatic rings. The number of thiophene rings is 1. The summed E-state index contributed by atoms with van der Waals surface area (Å²) in [7, 11) is 29.2. The van der Waals surface area contributed by atoms with E-state index in [0.717, 1.165) is 84.5 Å². The number of furan rings is 1. The van der Waals surface area contributed by atoms with Crippen LogP contribution < -0.4 is 44.4 Å². The topological polar surface area (TPSA) is 77.4 Å². The molecular weight excluding hydrogens is 2170 g/mol. The second kappa shape index (κ2) is 53.8. The molecule has 0 radical (unpaired) electrons. The molecule has 2 aromatic heterocycles. The first-order valence-corrected chi connectivity index (χ1v) is 56.9. The van der Waals surface area contributed by atoms with E-state index in [1.807, 2.05) is 105 Å². The lowest BCUT2D eigenvalue weighted by molar-refractivity contribution is 0.104. The Bertz CT molecular complexity index is 6590. The summed E-state index contributed by atoms with van der Waals surface area (Å²) in [4.78, 5) is 29.9. The maximum absolute atomic E-state index is 12.5. The number of carbonyl (C=O) groups is 1. The van der Waals surface area contributed by atoms with Gasteiger partial charge in [-0.3, -0.25) is 9.69 Å². The van der Waals surface area contributed by atoms with Crippen molar-refractivity contribution in [1.82, 2.24) is 4.90 Å². The zero-order valence-corrected chi connectivity index (χ0v) is 98.4. The molecule has 1 aliphatic heterocycles. The molecule has 726 valence electrons. The number of alkyl halides is 7. The van der Waals surface area contributed by atoms with E-state index in [0.29, 0.717) is 6.04 Å². The summed E-state index contributed by atoms with van der Waals surface area (Å²) in [5.74, 6) is 14.6. The van der Waals surface area contributed by atoms with Crippen molar-refractivity contribution in [3.63, 3.8) is 0 Å². The van der Waals surface area contributed by atoms with Crippen LogP contribution in [0.25, 0.3) is 75.1 Å². The molecule has 12 nitrogen and oxygen atoms in total. The fraction of sp³-hybridized carbons (Fsp3) is 0.291. The van der Waals surface area contributed by atoms with Crippen molar-refractivity contribution in [1.29, 1.82) is 0 Å². The third-order valence-electron chi connectivity index (χ3n) is 23.7. The Morgan fingerprint density at radius 1 is 0.277 bits per heavy atom. The average molecular weight is 2310 g/mol. The van der Waals surface area contributed by atoms with Gasteiger partial charge < -0.3 is 48.8 Å². The SMILES string of the molecule is CBr.CBr.CBr.CBr.CBr.CBr.CBr.Cc1ccc(N(c2ccc(N(C)C)cc2)c2ccc(C)c(N(C)C)c2)cc1.Cc1ccc2c(c1)C(=O)c1cc(C)c(N(C)C)cc1-2.Cc1ccc2c(c1)C(N(C)C)c1cc(C)c3ccccc3c1-2.Cc1ccc2c(c1)Nc1cc(C)c(N(C)C)cc1O2.Cc1ccc2c(c1)oc1cc(C)c(N(C)C)cc12.Cc1ccc2c(c1)sc1cc(C)c(N(C)C)cc12. The first-order chi connectivity index (χ1) is 65.6. The first-order valence-electron chi connectivity index (χ1n) is 45.0. The second-order valence-corrected chi connectivity index (χ2v) is 36.2. The molecule has 0 fully saturated rings. The van der Waals surface area contributed by atoms with Crippen LogP contribution in [0.1, 0.15) is 99.9 Å². The smallest absolute Gasteiger partial charge is 0.194 e.